The summed E-state index contributed by atoms with van der Waals surface area (Å²) in [6, 6.07) is 4.07. The van der Waals surface area contributed by atoms with E-state index >= 15 is 0 Å². The van der Waals surface area contributed by atoms with Crippen LogP contribution < -0.4 is 10.1 Å². The molecule has 0 saturated heterocycles. The van der Waals surface area contributed by atoms with E-state index in [-0.39, 0.29) is 11.9 Å². The lowest BCUT2D eigenvalue weighted by Crippen LogP contribution is -2.44. The highest BCUT2D eigenvalue weighted by Crippen LogP contribution is 2.31. The second-order valence-electron chi connectivity index (χ2n) is 7.04. The van der Waals surface area contributed by atoms with Crippen LogP contribution >= 0.6 is 31.9 Å². The molecule has 0 aromatic heterocycles. The number of amides is 1. The van der Waals surface area contributed by atoms with Crippen molar-refractivity contribution in [2.24, 2.45) is 0 Å². The molecule has 7 heteroatoms. The number of hydrogen-bond acceptors (Lipinski definition) is 4. The maximum Gasteiger partial charge on any atom is 0.237 e. The molecule has 5 nitrogen and oxygen atoms in total. The molecule has 0 aliphatic heterocycles. The van der Waals surface area contributed by atoms with Crippen LogP contribution in [0.4, 0.5) is 0 Å². The lowest BCUT2D eigenvalue weighted by Gasteiger charge is -2.23. The number of carbonyl (C=O) groups is 1. The van der Waals surface area contributed by atoms with Crippen molar-refractivity contribution in [1.82, 2.24) is 15.1 Å². The van der Waals surface area contributed by atoms with Gasteiger partial charge in [-0.25, -0.2) is 0 Å². The molecule has 154 valence electrons. The van der Waals surface area contributed by atoms with E-state index in [0.717, 1.165) is 53.5 Å². The molecule has 1 amide bonds. The monoisotopic (exact) mass is 505 g/mol. The van der Waals surface area contributed by atoms with Crippen LogP contribution in [0.3, 0.4) is 0 Å². The van der Waals surface area contributed by atoms with Crippen molar-refractivity contribution >= 4 is 37.8 Å². The Morgan fingerprint density at radius 2 is 1.89 bits per heavy atom. The largest absolute Gasteiger partial charge is 0.496 e. The van der Waals surface area contributed by atoms with Crippen LogP contribution in [-0.4, -0.2) is 69.6 Å². The molecule has 1 rings (SSSR count). The number of rotatable bonds is 12. The second-order valence-corrected chi connectivity index (χ2v) is 8.75. The zero-order chi connectivity index (χ0) is 20.4. The number of methoxy groups -OCH3 is 1. The molecule has 0 heterocycles. The Labute approximate surface area is 181 Å². The number of halogens is 2. The van der Waals surface area contributed by atoms with Gasteiger partial charge in [0.05, 0.1) is 17.6 Å². The number of carbonyl (C=O) groups excluding carboxylic acids is 1. The minimum Gasteiger partial charge on any atom is -0.496 e. The molecule has 0 bridgehead atoms. The zero-order valence-corrected chi connectivity index (χ0v) is 20.3. The maximum absolute atomic E-state index is 12.3. The minimum absolute atomic E-state index is 0.0301. The number of likely N-dealkylation sites (N-methyl/N-ethyl adjacent to an activating group) is 2. The van der Waals surface area contributed by atoms with Crippen molar-refractivity contribution in [1.29, 1.82) is 0 Å². The first kappa shape index (κ1) is 24.4. The number of benzene rings is 1. The smallest absolute Gasteiger partial charge is 0.237 e. The maximum atomic E-state index is 12.3. The molecule has 0 aliphatic carbocycles. The van der Waals surface area contributed by atoms with E-state index in [9.17, 15) is 4.79 Å². The van der Waals surface area contributed by atoms with E-state index in [0.29, 0.717) is 6.54 Å². The minimum atomic E-state index is -0.0301. The summed E-state index contributed by atoms with van der Waals surface area (Å²) in [7, 11) is 7.72. The van der Waals surface area contributed by atoms with Gasteiger partial charge in [-0.05, 0) is 80.6 Å². The fourth-order valence-corrected chi connectivity index (χ4v) is 4.27. The summed E-state index contributed by atoms with van der Waals surface area (Å²) in [4.78, 5) is 16.6. The van der Waals surface area contributed by atoms with Crippen LogP contribution in [0.5, 0.6) is 5.75 Å². The van der Waals surface area contributed by atoms with Gasteiger partial charge in [-0.3, -0.25) is 9.69 Å². The van der Waals surface area contributed by atoms with Crippen LogP contribution in [0.2, 0.25) is 0 Å². The van der Waals surface area contributed by atoms with Crippen LogP contribution in [0, 0.1) is 0 Å². The van der Waals surface area contributed by atoms with Crippen LogP contribution in [0.1, 0.15) is 31.7 Å². The van der Waals surface area contributed by atoms with E-state index < -0.39 is 0 Å². The molecule has 1 aromatic rings. The molecule has 0 radical (unpaired) electrons. The Morgan fingerprint density at radius 1 is 1.19 bits per heavy atom. The second kappa shape index (κ2) is 12.8. The van der Waals surface area contributed by atoms with E-state index in [1.54, 1.807) is 7.11 Å². The summed E-state index contributed by atoms with van der Waals surface area (Å²) in [5.41, 5.74) is 1.23. The molecule has 1 N–H and O–H groups in total. The van der Waals surface area contributed by atoms with Crippen molar-refractivity contribution in [2.75, 3.05) is 47.9 Å². The Kier molecular flexibility index (Phi) is 11.5. The van der Waals surface area contributed by atoms with Gasteiger partial charge >= 0.3 is 0 Å². The lowest BCUT2D eigenvalue weighted by atomic mass is 10.1. The van der Waals surface area contributed by atoms with Gasteiger partial charge in [-0.15, -0.1) is 0 Å². The summed E-state index contributed by atoms with van der Waals surface area (Å²) in [5, 5.41) is 3.07. The van der Waals surface area contributed by atoms with Gasteiger partial charge in [0.1, 0.15) is 5.75 Å². The average molecular weight is 507 g/mol. The summed E-state index contributed by atoms with van der Waals surface area (Å²) < 4.78 is 7.41. The molecule has 0 aliphatic rings. The summed E-state index contributed by atoms with van der Waals surface area (Å²) in [6.07, 6.45) is 3.78. The van der Waals surface area contributed by atoms with Gasteiger partial charge in [0, 0.05) is 17.6 Å². The molecule has 1 unspecified atom stereocenters. The first-order valence-electron chi connectivity index (χ1n) is 9.44. The standard InChI is InChI=1S/C20H33Br2N3O2/c1-6-8-18(24(2)3)20(26)23-10-7-11-25(4)12-9-15-13-19(27-5)17(22)14-16(15)21/h13-14,18H,6-12H2,1-5H3,(H,23,26). The number of nitrogens with zero attached hydrogens (tertiary/aromatic N) is 2. The first-order valence-corrected chi connectivity index (χ1v) is 11.0. The fourth-order valence-electron chi connectivity index (χ4n) is 2.92. The van der Waals surface area contributed by atoms with Crippen LogP contribution in [0.25, 0.3) is 0 Å². The van der Waals surface area contributed by atoms with E-state index in [1.807, 2.05) is 25.1 Å². The summed E-state index contributed by atoms with van der Waals surface area (Å²) in [5.74, 6) is 0.983. The van der Waals surface area contributed by atoms with Gasteiger partial charge < -0.3 is 15.0 Å². The molecule has 1 atom stereocenters. The van der Waals surface area contributed by atoms with Crippen molar-refractivity contribution in [3.63, 3.8) is 0 Å². The first-order chi connectivity index (χ1) is 12.8. The van der Waals surface area contributed by atoms with Crippen LogP contribution in [-0.2, 0) is 11.2 Å². The van der Waals surface area contributed by atoms with E-state index in [2.05, 4.69) is 62.1 Å². The molecule has 0 spiro atoms. The third-order valence-corrected chi connectivity index (χ3v) is 5.95. The summed E-state index contributed by atoms with van der Waals surface area (Å²) >= 11 is 7.12. The highest BCUT2D eigenvalue weighted by Gasteiger charge is 2.18. The molecule has 27 heavy (non-hydrogen) atoms. The van der Waals surface area contributed by atoms with Gasteiger partial charge in [0.15, 0.2) is 0 Å². The Bertz CT molecular complexity index is 597. The fraction of sp³-hybridized carbons (Fsp3) is 0.650. The Balaban J connectivity index is 2.36. The normalized spacial score (nSPS) is 12.5. The molecular weight excluding hydrogens is 474 g/mol. The van der Waals surface area contributed by atoms with Crippen molar-refractivity contribution < 1.29 is 9.53 Å². The Hall–Kier alpha value is -0.630. The van der Waals surface area contributed by atoms with E-state index in [1.165, 1.54) is 5.56 Å². The Morgan fingerprint density at radius 3 is 2.48 bits per heavy atom. The lowest BCUT2D eigenvalue weighted by molar-refractivity contribution is -0.125. The summed E-state index contributed by atoms with van der Waals surface area (Å²) in [6.45, 7) is 4.73. The molecule has 0 fully saturated rings. The van der Waals surface area contributed by atoms with Crippen LogP contribution in [0.15, 0.2) is 21.1 Å². The third kappa shape index (κ3) is 8.50. The predicted molar refractivity (Wildman–Crippen MR) is 120 cm³/mol. The van der Waals surface area contributed by atoms with Gasteiger partial charge in [0.25, 0.3) is 0 Å². The topological polar surface area (TPSA) is 44.8 Å². The quantitative estimate of drug-likeness (QED) is 0.436. The van der Waals surface area contributed by atoms with E-state index in [4.69, 9.17) is 4.74 Å². The highest BCUT2D eigenvalue weighted by atomic mass is 79.9. The predicted octanol–water partition coefficient (Wildman–Crippen LogP) is 3.93. The SMILES string of the molecule is CCCC(C(=O)NCCCN(C)CCc1cc(OC)c(Br)cc1Br)N(C)C. The number of ether oxygens (including phenoxy) is 1. The number of nitrogens with one attached hydrogen (secondary N) is 1. The van der Waals surface area contributed by atoms with Crippen molar-refractivity contribution in [3.05, 3.63) is 26.6 Å². The molecular formula is C20H33Br2N3O2. The van der Waals surface area contributed by atoms with Crippen molar-refractivity contribution in [3.8, 4) is 5.75 Å². The van der Waals surface area contributed by atoms with Gasteiger partial charge in [-0.1, -0.05) is 29.3 Å². The molecule has 0 saturated carbocycles. The van der Waals surface area contributed by atoms with Gasteiger partial charge in [-0.2, -0.15) is 0 Å². The van der Waals surface area contributed by atoms with Crippen molar-refractivity contribution in [2.45, 2.75) is 38.6 Å². The average Bonchev–Trinajstić information content (AvgIpc) is 2.62. The van der Waals surface area contributed by atoms with Gasteiger partial charge in [0.2, 0.25) is 5.91 Å². The number of hydrogen-bond donors (Lipinski definition) is 1. The highest BCUT2D eigenvalue weighted by molar-refractivity contribution is 9.11. The third-order valence-electron chi connectivity index (χ3n) is 4.59. The zero-order valence-electron chi connectivity index (χ0n) is 17.1. The molecule has 1 aromatic carbocycles.